The summed E-state index contributed by atoms with van der Waals surface area (Å²) in [5, 5.41) is 2.86. The number of para-hydroxylation sites is 1. The number of hydrogen-bond donors (Lipinski definition) is 1. The minimum Gasteiger partial charge on any atom is -0.351 e. The van der Waals surface area contributed by atoms with Crippen LogP contribution in [-0.4, -0.2) is 24.4 Å². The van der Waals surface area contributed by atoms with Crippen molar-refractivity contribution in [3.63, 3.8) is 0 Å². The average Bonchev–Trinajstić information content (AvgIpc) is 2.36. The monoisotopic (exact) mass is 244 g/mol. The van der Waals surface area contributed by atoms with E-state index in [2.05, 4.69) is 11.9 Å². The summed E-state index contributed by atoms with van der Waals surface area (Å²) < 4.78 is 0. The summed E-state index contributed by atoms with van der Waals surface area (Å²) >= 11 is 0. The van der Waals surface area contributed by atoms with Gasteiger partial charge in [0, 0.05) is 19.2 Å². The van der Waals surface area contributed by atoms with Crippen LogP contribution in [0.25, 0.3) is 0 Å². The summed E-state index contributed by atoms with van der Waals surface area (Å²) in [6.45, 7) is 5.49. The average molecular weight is 244 g/mol. The van der Waals surface area contributed by atoms with Crippen molar-refractivity contribution in [3.8, 4) is 0 Å². The van der Waals surface area contributed by atoms with Crippen LogP contribution in [-0.2, 0) is 16.0 Å². The van der Waals surface area contributed by atoms with Gasteiger partial charge in [-0.1, -0.05) is 24.8 Å². The van der Waals surface area contributed by atoms with E-state index in [1.165, 1.54) is 13.0 Å². The Morgan fingerprint density at radius 1 is 1.44 bits per heavy atom. The molecule has 0 bridgehead atoms. The number of anilines is 1. The van der Waals surface area contributed by atoms with Crippen molar-refractivity contribution in [1.82, 2.24) is 5.32 Å². The molecule has 0 fully saturated rings. The van der Waals surface area contributed by atoms with Crippen molar-refractivity contribution >= 4 is 17.5 Å². The minimum absolute atomic E-state index is 0.0405. The molecule has 0 aromatic heterocycles. The molecular weight excluding hydrogens is 228 g/mol. The van der Waals surface area contributed by atoms with Crippen LogP contribution in [0.4, 0.5) is 5.69 Å². The van der Waals surface area contributed by atoms with E-state index in [0.29, 0.717) is 6.54 Å². The zero-order valence-corrected chi connectivity index (χ0v) is 10.3. The first-order valence-corrected chi connectivity index (χ1v) is 5.90. The number of benzene rings is 1. The Morgan fingerprint density at radius 2 is 2.17 bits per heavy atom. The molecule has 1 heterocycles. The summed E-state index contributed by atoms with van der Waals surface area (Å²) in [6, 6.07) is 7.70. The quantitative estimate of drug-likeness (QED) is 0.796. The highest BCUT2D eigenvalue weighted by atomic mass is 16.2. The molecule has 1 aliphatic heterocycles. The molecular formula is C14H16N2O2. The van der Waals surface area contributed by atoms with Gasteiger partial charge >= 0.3 is 0 Å². The standard InChI is InChI=1S/C14H16N2O2/c1-3-14(18)16-9-12(15-10(2)17)8-11-6-4-5-7-13(11)16/h3-7,12H,1,8-9H2,2H3,(H,15,17). The highest BCUT2D eigenvalue weighted by molar-refractivity contribution is 6.02. The van der Waals surface area contributed by atoms with E-state index in [4.69, 9.17) is 0 Å². The van der Waals surface area contributed by atoms with E-state index >= 15 is 0 Å². The highest BCUT2D eigenvalue weighted by Crippen LogP contribution is 2.27. The summed E-state index contributed by atoms with van der Waals surface area (Å²) in [5.74, 6) is -0.220. The molecule has 1 aromatic rings. The van der Waals surface area contributed by atoms with Crippen LogP contribution in [0.2, 0.25) is 0 Å². The van der Waals surface area contributed by atoms with Crippen LogP contribution in [0.3, 0.4) is 0 Å². The third-order valence-electron chi connectivity index (χ3n) is 3.00. The number of fused-ring (bicyclic) bond motifs is 1. The molecule has 0 aliphatic carbocycles. The first-order valence-electron chi connectivity index (χ1n) is 5.90. The number of carbonyl (C=O) groups is 2. The van der Waals surface area contributed by atoms with Crippen LogP contribution in [0.5, 0.6) is 0 Å². The van der Waals surface area contributed by atoms with E-state index in [-0.39, 0.29) is 17.9 Å². The van der Waals surface area contributed by atoms with Crippen LogP contribution in [0.15, 0.2) is 36.9 Å². The predicted octanol–water partition coefficient (Wildman–Crippen LogP) is 1.27. The zero-order chi connectivity index (χ0) is 13.1. The number of amides is 2. The normalized spacial score (nSPS) is 17.8. The number of rotatable bonds is 2. The molecule has 2 rings (SSSR count). The summed E-state index contributed by atoms with van der Waals surface area (Å²) in [6.07, 6.45) is 2.05. The highest BCUT2D eigenvalue weighted by Gasteiger charge is 2.27. The van der Waals surface area contributed by atoms with E-state index < -0.39 is 0 Å². The Morgan fingerprint density at radius 3 is 2.83 bits per heavy atom. The third kappa shape index (κ3) is 2.42. The first-order chi connectivity index (χ1) is 8.61. The van der Waals surface area contributed by atoms with Gasteiger partial charge in [-0.15, -0.1) is 0 Å². The van der Waals surface area contributed by atoms with Gasteiger partial charge in [-0.3, -0.25) is 9.59 Å². The van der Waals surface area contributed by atoms with E-state index in [0.717, 1.165) is 17.7 Å². The molecule has 2 amide bonds. The SMILES string of the molecule is C=CC(=O)N1CC(NC(C)=O)Cc2ccccc21. The molecule has 94 valence electrons. The lowest BCUT2D eigenvalue weighted by molar-refractivity contribution is -0.120. The van der Waals surface area contributed by atoms with Gasteiger partial charge in [-0.2, -0.15) is 0 Å². The lowest BCUT2D eigenvalue weighted by Gasteiger charge is -2.34. The molecule has 1 N–H and O–H groups in total. The largest absolute Gasteiger partial charge is 0.351 e. The number of nitrogens with one attached hydrogen (secondary N) is 1. The third-order valence-corrected chi connectivity index (χ3v) is 3.00. The van der Waals surface area contributed by atoms with E-state index in [1.807, 2.05) is 24.3 Å². The van der Waals surface area contributed by atoms with Gasteiger partial charge in [0.25, 0.3) is 0 Å². The lowest BCUT2D eigenvalue weighted by atomic mass is 9.97. The molecule has 1 aromatic carbocycles. The maximum Gasteiger partial charge on any atom is 0.250 e. The fourth-order valence-electron chi connectivity index (χ4n) is 2.30. The Hall–Kier alpha value is -2.10. The van der Waals surface area contributed by atoms with Gasteiger partial charge in [0.15, 0.2) is 0 Å². The maximum atomic E-state index is 11.9. The Kier molecular flexibility index (Phi) is 3.46. The van der Waals surface area contributed by atoms with Crippen molar-refractivity contribution in [3.05, 3.63) is 42.5 Å². The number of nitrogens with zero attached hydrogens (tertiary/aromatic N) is 1. The molecule has 1 aliphatic rings. The molecule has 0 radical (unpaired) electrons. The number of hydrogen-bond acceptors (Lipinski definition) is 2. The van der Waals surface area contributed by atoms with Gasteiger partial charge < -0.3 is 10.2 Å². The second-order valence-electron chi connectivity index (χ2n) is 4.38. The minimum atomic E-state index is -0.141. The van der Waals surface area contributed by atoms with Gasteiger partial charge in [0.1, 0.15) is 0 Å². The van der Waals surface area contributed by atoms with Crippen molar-refractivity contribution in [1.29, 1.82) is 0 Å². The Labute approximate surface area is 106 Å². The first kappa shape index (κ1) is 12.4. The van der Waals surface area contributed by atoms with Gasteiger partial charge in [-0.05, 0) is 24.1 Å². The van der Waals surface area contributed by atoms with Crippen molar-refractivity contribution in [2.45, 2.75) is 19.4 Å². The summed E-state index contributed by atoms with van der Waals surface area (Å²) in [4.78, 5) is 24.7. The fraction of sp³-hybridized carbons (Fsp3) is 0.286. The second kappa shape index (κ2) is 5.04. The summed E-state index contributed by atoms with van der Waals surface area (Å²) in [7, 11) is 0. The van der Waals surface area contributed by atoms with Crippen LogP contribution >= 0.6 is 0 Å². The molecule has 0 saturated carbocycles. The van der Waals surface area contributed by atoms with E-state index in [9.17, 15) is 9.59 Å². The van der Waals surface area contributed by atoms with Crippen molar-refractivity contribution in [2.24, 2.45) is 0 Å². The molecule has 4 nitrogen and oxygen atoms in total. The number of carbonyl (C=O) groups excluding carboxylic acids is 2. The topological polar surface area (TPSA) is 49.4 Å². The van der Waals surface area contributed by atoms with Crippen LogP contribution < -0.4 is 10.2 Å². The molecule has 4 heteroatoms. The Balaban J connectivity index is 2.32. The van der Waals surface area contributed by atoms with Crippen LogP contribution in [0.1, 0.15) is 12.5 Å². The van der Waals surface area contributed by atoms with Gasteiger partial charge in [0.05, 0.1) is 6.04 Å². The second-order valence-corrected chi connectivity index (χ2v) is 4.38. The molecule has 18 heavy (non-hydrogen) atoms. The molecule has 1 atom stereocenters. The maximum absolute atomic E-state index is 11.9. The Bertz CT molecular complexity index is 496. The van der Waals surface area contributed by atoms with Crippen molar-refractivity contribution in [2.75, 3.05) is 11.4 Å². The van der Waals surface area contributed by atoms with Gasteiger partial charge in [-0.25, -0.2) is 0 Å². The van der Waals surface area contributed by atoms with Gasteiger partial charge in [0.2, 0.25) is 11.8 Å². The fourth-order valence-corrected chi connectivity index (χ4v) is 2.30. The van der Waals surface area contributed by atoms with Crippen molar-refractivity contribution < 1.29 is 9.59 Å². The smallest absolute Gasteiger partial charge is 0.250 e. The lowest BCUT2D eigenvalue weighted by Crippen LogP contribution is -2.49. The van der Waals surface area contributed by atoms with Crippen LogP contribution in [0, 0.1) is 0 Å². The molecule has 0 spiro atoms. The predicted molar refractivity (Wildman–Crippen MR) is 70.3 cm³/mol. The molecule has 1 unspecified atom stereocenters. The van der Waals surface area contributed by atoms with E-state index in [1.54, 1.807) is 4.90 Å². The zero-order valence-electron chi connectivity index (χ0n) is 10.3. The summed E-state index contributed by atoms with van der Waals surface area (Å²) in [5.41, 5.74) is 1.97. The molecule has 0 saturated heterocycles.